The lowest BCUT2D eigenvalue weighted by Crippen LogP contribution is -2.56. The van der Waals surface area contributed by atoms with E-state index in [1.165, 1.54) is 5.57 Å². The van der Waals surface area contributed by atoms with Gasteiger partial charge in [-0.2, -0.15) is 5.10 Å². The highest BCUT2D eigenvalue weighted by Gasteiger charge is 2.24. The summed E-state index contributed by atoms with van der Waals surface area (Å²) < 4.78 is 0. The number of hydrogen-bond donors (Lipinski definition) is 3. The molecule has 4 N–H and O–H groups in total. The summed E-state index contributed by atoms with van der Waals surface area (Å²) in [6.45, 7) is 7.82. The zero-order chi connectivity index (χ0) is 23.9. The van der Waals surface area contributed by atoms with Crippen molar-refractivity contribution in [2.75, 3.05) is 18.0 Å². The fraction of sp³-hybridized carbons (Fsp3) is 0.185. The summed E-state index contributed by atoms with van der Waals surface area (Å²) in [6, 6.07) is 6.39. The zero-order valence-electron chi connectivity index (χ0n) is 19.5. The smallest absolute Gasteiger partial charge is 0.159 e. The highest BCUT2D eigenvalue weighted by Crippen LogP contribution is 2.29. The van der Waals surface area contributed by atoms with E-state index in [0.717, 1.165) is 63.8 Å². The van der Waals surface area contributed by atoms with Gasteiger partial charge in [-0.25, -0.2) is 9.97 Å². The average molecular weight is 463 g/mol. The predicted molar refractivity (Wildman–Crippen MR) is 141 cm³/mol. The third kappa shape index (κ3) is 3.77. The first-order chi connectivity index (χ1) is 17.1. The van der Waals surface area contributed by atoms with Crippen molar-refractivity contribution in [1.29, 1.82) is 0 Å². The van der Waals surface area contributed by atoms with Gasteiger partial charge in [-0.05, 0) is 36.6 Å². The Morgan fingerprint density at radius 3 is 2.89 bits per heavy atom. The second-order valence-electron chi connectivity index (χ2n) is 8.87. The number of fused-ring (bicyclic) bond motifs is 1. The second kappa shape index (κ2) is 8.48. The van der Waals surface area contributed by atoms with E-state index in [1.54, 1.807) is 12.4 Å². The molecule has 8 nitrogen and oxygen atoms in total. The number of benzene rings is 1. The quantitative estimate of drug-likeness (QED) is 0.420. The number of imidazole rings is 1. The molecule has 0 unspecified atom stereocenters. The maximum Gasteiger partial charge on any atom is 0.159 e. The van der Waals surface area contributed by atoms with E-state index in [-0.39, 0.29) is 6.04 Å². The van der Waals surface area contributed by atoms with Crippen molar-refractivity contribution in [3.63, 3.8) is 0 Å². The van der Waals surface area contributed by atoms with E-state index < -0.39 is 0 Å². The number of nitrogens with two attached hydrogens (primary N) is 1. The van der Waals surface area contributed by atoms with Crippen molar-refractivity contribution in [3.8, 4) is 11.5 Å². The van der Waals surface area contributed by atoms with Crippen LogP contribution in [0.5, 0.6) is 0 Å². The van der Waals surface area contributed by atoms with Crippen molar-refractivity contribution >= 4 is 40.1 Å². The van der Waals surface area contributed by atoms with Crippen LogP contribution < -0.4 is 21.2 Å². The molecule has 1 fully saturated rings. The van der Waals surface area contributed by atoms with Gasteiger partial charge in [0.2, 0.25) is 0 Å². The Hall–Kier alpha value is -4.30. The van der Waals surface area contributed by atoms with Crippen LogP contribution in [0.25, 0.3) is 45.8 Å². The minimum absolute atomic E-state index is 0.191. The molecule has 0 saturated carbocycles. The summed E-state index contributed by atoms with van der Waals surface area (Å²) in [5.74, 6) is 1.52. The Balaban J connectivity index is 1.42. The van der Waals surface area contributed by atoms with Crippen LogP contribution in [-0.4, -0.2) is 49.3 Å². The molecule has 2 aliphatic rings. The van der Waals surface area contributed by atoms with Gasteiger partial charge in [-0.15, -0.1) is 0 Å². The topological polar surface area (TPSA) is 112 Å². The monoisotopic (exact) mass is 462 g/mol. The first kappa shape index (κ1) is 21.2. The first-order valence-electron chi connectivity index (χ1n) is 11.7. The fourth-order valence-electron chi connectivity index (χ4n) is 4.56. The van der Waals surface area contributed by atoms with Crippen molar-refractivity contribution in [3.05, 3.63) is 77.2 Å². The highest BCUT2D eigenvalue weighted by atomic mass is 15.3. The Kier molecular flexibility index (Phi) is 5.15. The Morgan fingerprint density at radius 1 is 1.23 bits per heavy atom. The van der Waals surface area contributed by atoms with E-state index in [1.807, 2.05) is 31.2 Å². The molecule has 4 aromatic rings. The number of H-pyrrole nitrogens is 2. The van der Waals surface area contributed by atoms with Crippen LogP contribution in [0.3, 0.4) is 0 Å². The molecule has 0 atom stereocenters. The third-order valence-electron chi connectivity index (χ3n) is 6.44. The molecule has 6 rings (SSSR count). The van der Waals surface area contributed by atoms with E-state index in [9.17, 15) is 0 Å². The first-order valence-corrected chi connectivity index (χ1v) is 11.7. The van der Waals surface area contributed by atoms with Crippen molar-refractivity contribution in [1.82, 2.24) is 30.1 Å². The Labute approximate surface area is 202 Å². The van der Waals surface area contributed by atoms with Crippen LogP contribution in [0.2, 0.25) is 0 Å². The molecular weight excluding hydrogens is 436 g/mol. The summed E-state index contributed by atoms with van der Waals surface area (Å²) in [4.78, 5) is 19.7. The number of aromatic amines is 2. The minimum Gasteiger partial charge on any atom is -0.352 e. The number of nitrogens with one attached hydrogen (secondary N) is 2. The van der Waals surface area contributed by atoms with Crippen molar-refractivity contribution in [2.45, 2.75) is 19.4 Å². The van der Waals surface area contributed by atoms with Crippen LogP contribution >= 0.6 is 0 Å². The number of anilines is 1. The number of nitrogens with zero attached hydrogens (tertiary/aromatic N) is 5. The highest BCUT2D eigenvalue weighted by molar-refractivity contribution is 5.94. The second-order valence-corrected chi connectivity index (χ2v) is 8.87. The molecule has 1 aromatic carbocycles. The van der Waals surface area contributed by atoms with E-state index in [4.69, 9.17) is 15.7 Å². The van der Waals surface area contributed by atoms with Gasteiger partial charge in [0.05, 0.1) is 34.5 Å². The van der Waals surface area contributed by atoms with Crippen LogP contribution in [0, 0.1) is 0 Å². The van der Waals surface area contributed by atoms with E-state index in [2.05, 4.69) is 55.9 Å². The van der Waals surface area contributed by atoms with Gasteiger partial charge in [-0.3, -0.25) is 10.1 Å². The summed E-state index contributed by atoms with van der Waals surface area (Å²) in [5, 5.41) is 9.51. The van der Waals surface area contributed by atoms with Gasteiger partial charge in [0.25, 0.3) is 0 Å². The van der Waals surface area contributed by atoms with E-state index in [0.29, 0.717) is 11.5 Å². The molecule has 3 aromatic heterocycles. The molecule has 4 heterocycles. The maximum absolute atomic E-state index is 5.93. The Bertz CT molecular complexity index is 1630. The summed E-state index contributed by atoms with van der Waals surface area (Å²) >= 11 is 0. The molecule has 1 aliphatic carbocycles. The third-order valence-corrected chi connectivity index (χ3v) is 6.44. The van der Waals surface area contributed by atoms with Crippen LogP contribution in [0.1, 0.15) is 24.6 Å². The van der Waals surface area contributed by atoms with Crippen LogP contribution in [0.4, 0.5) is 5.82 Å². The van der Waals surface area contributed by atoms with Crippen molar-refractivity contribution < 1.29 is 0 Å². The molecule has 0 amide bonds. The molecule has 0 radical (unpaired) electrons. The normalized spacial score (nSPS) is 16.9. The van der Waals surface area contributed by atoms with Gasteiger partial charge >= 0.3 is 0 Å². The minimum atomic E-state index is 0.191. The van der Waals surface area contributed by atoms with Gasteiger partial charge in [0, 0.05) is 29.9 Å². The molecule has 8 heteroatoms. The number of aromatic nitrogens is 6. The number of para-hydroxylation sites is 1. The molecule has 0 bridgehead atoms. The van der Waals surface area contributed by atoms with E-state index >= 15 is 0 Å². The number of allylic oxidation sites excluding steroid dienone is 5. The molecule has 35 heavy (non-hydrogen) atoms. The SMILES string of the molecule is C=C(/C=c1/c(-c2nc3c(C4=CCC=C4)cccc3[nH]2)n[nH]/c1=C/C)c1cncc(N2CC(N)C2)n1. The molecule has 0 spiro atoms. The standard InChI is InChI=1S/C27H26N8/c1-3-21-20(11-16(2)23-12-29-13-24(30-23)35-14-18(28)15-35)26(34-33-21)27-31-22-10-6-9-19(25(22)32-27)17-7-4-5-8-17/h3-4,6-13,18,33H,2,5,14-15,28H2,1H3,(H,31,32)/b20-11+,21-3+. The van der Waals surface area contributed by atoms with Crippen LogP contribution in [0.15, 0.2) is 55.4 Å². The largest absolute Gasteiger partial charge is 0.352 e. The van der Waals surface area contributed by atoms with Crippen LogP contribution in [-0.2, 0) is 0 Å². The molecule has 1 aliphatic heterocycles. The summed E-state index contributed by atoms with van der Waals surface area (Å²) in [7, 11) is 0. The lowest BCUT2D eigenvalue weighted by Gasteiger charge is -2.37. The summed E-state index contributed by atoms with van der Waals surface area (Å²) in [6.07, 6.45) is 14.9. The van der Waals surface area contributed by atoms with Crippen molar-refractivity contribution in [2.24, 2.45) is 5.73 Å². The maximum atomic E-state index is 5.93. The number of rotatable bonds is 5. The molecule has 174 valence electrons. The number of hydrogen-bond acceptors (Lipinski definition) is 6. The summed E-state index contributed by atoms with van der Waals surface area (Å²) in [5.41, 5.74) is 12.3. The van der Waals surface area contributed by atoms with Gasteiger partial charge in [0.1, 0.15) is 11.5 Å². The lowest BCUT2D eigenvalue weighted by molar-refractivity contribution is 0.513. The lowest BCUT2D eigenvalue weighted by atomic mass is 10.1. The Morgan fingerprint density at radius 2 is 2.11 bits per heavy atom. The predicted octanol–water partition coefficient (Wildman–Crippen LogP) is 2.53. The zero-order valence-corrected chi connectivity index (χ0v) is 19.5. The van der Waals surface area contributed by atoms with Gasteiger partial charge in [-0.1, -0.05) is 43.0 Å². The fourth-order valence-corrected chi connectivity index (χ4v) is 4.56. The van der Waals surface area contributed by atoms with Gasteiger partial charge in [0.15, 0.2) is 5.82 Å². The van der Waals surface area contributed by atoms with Gasteiger partial charge < -0.3 is 15.6 Å². The molecule has 1 saturated heterocycles. The average Bonchev–Trinajstić information content (AvgIpc) is 3.61. The molecular formula is C27H26N8.